The number of carbonyl (C=O) groups is 2. The van der Waals surface area contributed by atoms with Gasteiger partial charge in [-0.05, 0) is 55.2 Å². The fourth-order valence-corrected chi connectivity index (χ4v) is 4.46. The Balaban J connectivity index is 1.81. The maximum Gasteiger partial charge on any atom is 0.330 e. The molecule has 0 saturated carbocycles. The van der Waals surface area contributed by atoms with Crippen molar-refractivity contribution in [2.24, 2.45) is 0 Å². The molecular formula is C23H22FNO3. The molecule has 2 aliphatic rings. The van der Waals surface area contributed by atoms with E-state index in [-0.39, 0.29) is 24.8 Å². The highest BCUT2D eigenvalue weighted by Gasteiger charge is 2.53. The van der Waals surface area contributed by atoms with Crippen LogP contribution in [-0.4, -0.2) is 33.5 Å². The molecule has 2 unspecified atom stereocenters. The van der Waals surface area contributed by atoms with Crippen LogP contribution in [0.2, 0.25) is 0 Å². The molecule has 0 spiro atoms. The van der Waals surface area contributed by atoms with Gasteiger partial charge in [0, 0.05) is 18.4 Å². The molecule has 2 atom stereocenters. The Morgan fingerprint density at radius 2 is 1.93 bits per heavy atom. The molecule has 1 amide bonds. The second-order valence-electron chi connectivity index (χ2n) is 7.72. The first-order valence-corrected chi connectivity index (χ1v) is 9.48. The molecule has 0 radical (unpaired) electrons. The number of carboxylic acids is 1. The molecule has 0 heterocycles. The minimum absolute atomic E-state index is 0.108. The molecule has 144 valence electrons. The Morgan fingerprint density at radius 3 is 2.61 bits per heavy atom. The Hall–Kier alpha value is -2.95. The van der Waals surface area contributed by atoms with Crippen LogP contribution in [0.25, 0.3) is 0 Å². The zero-order chi connectivity index (χ0) is 19.9. The van der Waals surface area contributed by atoms with E-state index in [1.807, 2.05) is 25.1 Å². The molecule has 4 rings (SSSR count). The molecule has 5 heteroatoms. The van der Waals surface area contributed by atoms with Crippen LogP contribution in [0, 0.1) is 12.7 Å². The van der Waals surface area contributed by atoms with Gasteiger partial charge in [-0.3, -0.25) is 4.79 Å². The number of fused-ring (bicyclic) bond motifs is 1. The number of carboxylic acid groups (broad SMARTS) is 1. The molecule has 0 saturated heterocycles. The normalized spacial score (nSPS) is 22.9. The number of hydrogen-bond acceptors (Lipinski definition) is 2. The first kappa shape index (κ1) is 18.4. The predicted molar refractivity (Wildman–Crippen MR) is 104 cm³/mol. The molecule has 2 aliphatic carbocycles. The smallest absolute Gasteiger partial charge is 0.330 e. The number of aliphatic carboxylic acids is 1. The van der Waals surface area contributed by atoms with Crippen molar-refractivity contribution in [3.05, 3.63) is 82.7 Å². The molecule has 1 N–H and O–H groups in total. The van der Waals surface area contributed by atoms with Gasteiger partial charge in [0.05, 0.1) is 6.04 Å². The lowest BCUT2D eigenvalue weighted by Crippen LogP contribution is -2.61. The van der Waals surface area contributed by atoms with Crippen molar-refractivity contribution < 1.29 is 19.1 Å². The summed E-state index contributed by atoms with van der Waals surface area (Å²) in [6.07, 6.45) is 5.69. The van der Waals surface area contributed by atoms with Crippen LogP contribution < -0.4 is 0 Å². The highest BCUT2D eigenvalue weighted by molar-refractivity contribution is 5.99. The van der Waals surface area contributed by atoms with Crippen LogP contribution in [0.1, 0.15) is 39.9 Å². The summed E-state index contributed by atoms with van der Waals surface area (Å²) in [5, 5.41) is 10.3. The van der Waals surface area contributed by atoms with Gasteiger partial charge in [-0.2, -0.15) is 0 Å². The van der Waals surface area contributed by atoms with Gasteiger partial charge in [0.2, 0.25) is 0 Å². The highest BCUT2D eigenvalue weighted by Crippen LogP contribution is 2.39. The number of nitrogens with zero attached hydrogens (tertiary/aromatic N) is 1. The van der Waals surface area contributed by atoms with Gasteiger partial charge in [-0.1, -0.05) is 35.9 Å². The second-order valence-corrected chi connectivity index (χ2v) is 7.72. The SMILES string of the molecule is Cc1cccc(C(=O)N(C2C=CCC2)C2(C(=O)O)Cc3ccc(F)cc3C2)c1. The molecule has 2 aromatic carbocycles. The van der Waals surface area contributed by atoms with E-state index in [0.29, 0.717) is 17.5 Å². The summed E-state index contributed by atoms with van der Waals surface area (Å²) in [7, 11) is 0. The standard InChI is InChI=1S/C23H22FNO3/c1-15-5-4-6-16(11-15)21(26)25(20-7-2-3-8-20)23(22(27)28)13-17-9-10-19(24)12-18(17)14-23/h2,4-7,9-12,20H,3,8,13-14H2,1H3,(H,27,28). The minimum Gasteiger partial charge on any atom is -0.479 e. The third-order valence-corrected chi connectivity index (χ3v) is 5.80. The molecule has 0 aromatic heterocycles. The van der Waals surface area contributed by atoms with Crippen molar-refractivity contribution in [2.45, 2.75) is 44.2 Å². The zero-order valence-corrected chi connectivity index (χ0v) is 15.7. The van der Waals surface area contributed by atoms with Crippen molar-refractivity contribution in [3.8, 4) is 0 Å². The third-order valence-electron chi connectivity index (χ3n) is 5.80. The molecule has 28 heavy (non-hydrogen) atoms. The lowest BCUT2D eigenvalue weighted by molar-refractivity contribution is -0.150. The van der Waals surface area contributed by atoms with Gasteiger partial charge < -0.3 is 10.0 Å². The number of carbonyl (C=O) groups excluding carboxylic acids is 1. The molecule has 2 aromatic rings. The Bertz CT molecular complexity index is 984. The van der Waals surface area contributed by atoms with E-state index in [1.54, 1.807) is 24.3 Å². The number of amides is 1. The first-order valence-electron chi connectivity index (χ1n) is 9.48. The molecule has 0 fully saturated rings. The summed E-state index contributed by atoms with van der Waals surface area (Å²) < 4.78 is 13.7. The maximum atomic E-state index is 13.7. The Labute approximate surface area is 163 Å². The van der Waals surface area contributed by atoms with Gasteiger partial charge >= 0.3 is 5.97 Å². The lowest BCUT2D eigenvalue weighted by Gasteiger charge is -2.41. The van der Waals surface area contributed by atoms with Gasteiger partial charge in [0.15, 0.2) is 0 Å². The average molecular weight is 379 g/mol. The number of benzene rings is 2. The third kappa shape index (κ3) is 3.01. The van der Waals surface area contributed by atoms with Gasteiger partial charge in [-0.25, -0.2) is 9.18 Å². The molecule has 0 bridgehead atoms. The fourth-order valence-electron chi connectivity index (χ4n) is 4.46. The monoisotopic (exact) mass is 379 g/mol. The Kier molecular flexibility index (Phi) is 4.53. The quantitative estimate of drug-likeness (QED) is 0.820. The lowest BCUT2D eigenvalue weighted by atomic mass is 9.90. The summed E-state index contributed by atoms with van der Waals surface area (Å²) in [6.45, 7) is 1.90. The van der Waals surface area contributed by atoms with E-state index in [2.05, 4.69) is 0 Å². The topological polar surface area (TPSA) is 57.6 Å². The number of halogens is 1. The number of allylic oxidation sites excluding steroid dienone is 1. The van der Waals surface area contributed by atoms with Crippen LogP contribution in [0.5, 0.6) is 0 Å². The van der Waals surface area contributed by atoms with Crippen LogP contribution in [0.4, 0.5) is 4.39 Å². The number of rotatable bonds is 4. The summed E-state index contributed by atoms with van der Waals surface area (Å²) >= 11 is 0. The zero-order valence-electron chi connectivity index (χ0n) is 15.7. The van der Waals surface area contributed by atoms with Crippen LogP contribution in [-0.2, 0) is 17.6 Å². The van der Waals surface area contributed by atoms with E-state index in [0.717, 1.165) is 17.5 Å². The van der Waals surface area contributed by atoms with Crippen molar-refractivity contribution in [1.29, 1.82) is 0 Å². The van der Waals surface area contributed by atoms with E-state index >= 15 is 0 Å². The van der Waals surface area contributed by atoms with E-state index in [1.165, 1.54) is 17.0 Å². The van der Waals surface area contributed by atoms with Crippen LogP contribution in [0.3, 0.4) is 0 Å². The first-order chi connectivity index (χ1) is 13.4. The molecule has 4 nitrogen and oxygen atoms in total. The summed E-state index contributed by atoms with van der Waals surface area (Å²) in [5.41, 5.74) is 1.44. The molecular weight excluding hydrogens is 357 g/mol. The molecule has 0 aliphatic heterocycles. The summed E-state index contributed by atoms with van der Waals surface area (Å²) in [6, 6.07) is 11.3. The largest absolute Gasteiger partial charge is 0.479 e. The minimum atomic E-state index is -1.42. The van der Waals surface area contributed by atoms with E-state index < -0.39 is 17.3 Å². The fraction of sp³-hybridized carbons (Fsp3) is 0.304. The van der Waals surface area contributed by atoms with E-state index in [9.17, 15) is 19.1 Å². The van der Waals surface area contributed by atoms with Crippen LogP contribution >= 0.6 is 0 Å². The van der Waals surface area contributed by atoms with Gasteiger partial charge in [0.1, 0.15) is 11.4 Å². The predicted octanol–water partition coefficient (Wildman–Crippen LogP) is 3.92. The second kappa shape index (κ2) is 6.89. The van der Waals surface area contributed by atoms with Gasteiger partial charge in [-0.15, -0.1) is 0 Å². The summed E-state index contributed by atoms with van der Waals surface area (Å²) in [5.74, 6) is -1.74. The van der Waals surface area contributed by atoms with Crippen molar-refractivity contribution in [1.82, 2.24) is 4.90 Å². The number of aryl methyl sites for hydroxylation is 1. The Morgan fingerprint density at radius 1 is 1.14 bits per heavy atom. The summed E-state index contributed by atoms with van der Waals surface area (Å²) in [4.78, 5) is 27.7. The average Bonchev–Trinajstić information content (AvgIpc) is 3.30. The highest BCUT2D eigenvalue weighted by atomic mass is 19.1. The maximum absolute atomic E-state index is 13.7. The van der Waals surface area contributed by atoms with Crippen molar-refractivity contribution in [2.75, 3.05) is 0 Å². The van der Waals surface area contributed by atoms with Crippen molar-refractivity contribution in [3.63, 3.8) is 0 Å². The van der Waals surface area contributed by atoms with E-state index in [4.69, 9.17) is 0 Å². The van der Waals surface area contributed by atoms with Crippen LogP contribution in [0.15, 0.2) is 54.6 Å². The van der Waals surface area contributed by atoms with Gasteiger partial charge in [0.25, 0.3) is 5.91 Å². The number of hydrogen-bond donors (Lipinski definition) is 1. The van der Waals surface area contributed by atoms with Crippen molar-refractivity contribution >= 4 is 11.9 Å².